The molecule has 0 bridgehead atoms. The Bertz CT molecular complexity index is 613. The second-order valence-corrected chi connectivity index (χ2v) is 7.98. The molecule has 1 aliphatic rings. The van der Waals surface area contributed by atoms with E-state index in [9.17, 15) is 13.2 Å². The molecule has 1 heterocycles. The summed E-state index contributed by atoms with van der Waals surface area (Å²) >= 11 is 0. The number of hydrogen-bond donors (Lipinski definition) is 0. The van der Waals surface area contributed by atoms with Gasteiger partial charge < -0.3 is 9.64 Å². The summed E-state index contributed by atoms with van der Waals surface area (Å²) in [4.78, 5) is 13.9. The third-order valence-electron chi connectivity index (χ3n) is 4.12. The Morgan fingerprint density at radius 1 is 1.17 bits per heavy atom. The van der Waals surface area contributed by atoms with Crippen molar-refractivity contribution in [1.82, 2.24) is 9.21 Å². The fourth-order valence-corrected chi connectivity index (χ4v) is 3.62. The van der Waals surface area contributed by atoms with Crippen molar-refractivity contribution in [3.63, 3.8) is 0 Å². The molecule has 1 aromatic carbocycles. The van der Waals surface area contributed by atoms with E-state index in [0.717, 1.165) is 12.8 Å². The third-order valence-corrected chi connectivity index (χ3v) is 5.43. The minimum Gasteiger partial charge on any atom is -0.378 e. The van der Waals surface area contributed by atoms with Crippen LogP contribution in [0, 0.1) is 0 Å². The van der Waals surface area contributed by atoms with Crippen LogP contribution in [0.1, 0.15) is 18.4 Å². The van der Waals surface area contributed by atoms with Gasteiger partial charge in [0.05, 0.1) is 19.5 Å². The Hall–Kier alpha value is -1.44. The van der Waals surface area contributed by atoms with E-state index in [4.69, 9.17) is 4.74 Å². The van der Waals surface area contributed by atoms with Gasteiger partial charge in [-0.25, -0.2) is 12.7 Å². The third kappa shape index (κ3) is 6.22. The van der Waals surface area contributed by atoms with Crippen LogP contribution in [-0.2, 0) is 26.0 Å². The average Bonchev–Trinajstić information content (AvgIpc) is 2.58. The number of aryl methyl sites for hydroxylation is 1. The van der Waals surface area contributed by atoms with Crippen molar-refractivity contribution in [2.45, 2.75) is 19.3 Å². The Labute approximate surface area is 144 Å². The van der Waals surface area contributed by atoms with Crippen LogP contribution >= 0.6 is 0 Å². The fourth-order valence-electron chi connectivity index (χ4n) is 2.74. The minimum atomic E-state index is -3.31. The molecule has 1 aliphatic heterocycles. The molecule has 1 saturated heterocycles. The van der Waals surface area contributed by atoms with Gasteiger partial charge in [0.2, 0.25) is 15.9 Å². The molecule has 1 aromatic rings. The maximum absolute atomic E-state index is 12.2. The number of morpholine rings is 1. The molecule has 0 radical (unpaired) electrons. The summed E-state index contributed by atoms with van der Waals surface area (Å²) in [5.74, 6) is -0.00462. The quantitative estimate of drug-likeness (QED) is 0.702. The van der Waals surface area contributed by atoms with Gasteiger partial charge in [0.15, 0.2) is 0 Å². The first-order chi connectivity index (χ1) is 11.5. The van der Waals surface area contributed by atoms with Crippen molar-refractivity contribution < 1.29 is 17.9 Å². The molecule has 1 amide bonds. The van der Waals surface area contributed by atoms with E-state index in [1.54, 1.807) is 4.90 Å². The maximum atomic E-state index is 12.2. The lowest BCUT2D eigenvalue weighted by molar-refractivity contribution is -0.135. The zero-order valence-electron chi connectivity index (χ0n) is 14.2. The number of carbonyl (C=O) groups is 1. The highest BCUT2D eigenvalue weighted by Gasteiger charge is 2.21. The van der Waals surface area contributed by atoms with E-state index in [-0.39, 0.29) is 18.9 Å². The number of ether oxygens (including phenoxy) is 1. The Kier molecular flexibility index (Phi) is 7.20. The monoisotopic (exact) mass is 354 g/mol. The number of hydrogen-bond acceptors (Lipinski definition) is 4. The second kappa shape index (κ2) is 9.15. The van der Waals surface area contributed by atoms with E-state index in [1.807, 2.05) is 30.3 Å². The lowest BCUT2D eigenvalue weighted by Crippen LogP contribution is -2.42. The second-order valence-electron chi connectivity index (χ2n) is 5.99. The Morgan fingerprint density at radius 2 is 1.83 bits per heavy atom. The van der Waals surface area contributed by atoms with Crippen molar-refractivity contribution in [1.29, 1.82) is 0 Å². The van der Waals surface area contributed by atoms with Crippen LogP contribution in [0.4, 0.5) is 0 Å². The van der Waals surface area contributed by atoms with Crippen LogP contribution in [0.2, 0.25) is 0 Å². The highest BCUT2D eigenvalue weighted by Crippen LogP contribution is 2.08. The summed E-state index contributed by atoms with van der Waals surface area (Å²) in [5, 5.41) is 0. The number of nitrogens with zero attached hydrogens (tertiary/aromatic N) is 2. The Morgan fingerprint density at radius 3 is 2.46 bits per heavy atom. The van der Waals surface area contributed by atoms with Gasteiger partial charge >= 0.3 is 0 Å². The van der Waals surface area contributed by atoms with Crippen LogP contribution in [0.25, 0.3) is 0 Å². The Balaban J connectivity index is 1.81. The highest BCUT2D eigenvalue weighted by molar-refractivity contribution is 7.88. The molecular weight excluding hydrogens is 328 g/mol. The van der Waals surface area contributed by atoms with E-state index in [2.05, 4.69) is 0 Å². The molecule has 0 spiro atoms. The molecule has 0 unspecified atom stereocenters. The van der Waals surface area contributed by atoms with Gasteiger partial charge in [-0.05, 0) is 18.4 Å². The van der Waals surface area contributed by atoms with Crippen molar-refractivity contribution in [3.8, 4) is 0 Å². The largest absolute Gasteiger partial charge is 0.378 e. The molecule has 0 aliphatic carbocycles. The predicted molar refractivity (Wildman–Crippen MR) is 93.2 cm³/mol. The molecular formula is C17H26N2O4S. The fraction of sp³-hybridized carbons (Fsp3) is 0.588. The summed E-state index contributed by atoms with van der Waals surface area (Å²) in [5.41, 5.74) is 1.19. The zero-order valence-corrected chi connectivity index (χ0v) is 15.0. The summed E-state index contributed by atoms with van der Waals surface area (Å²) in [6.45, 7) is 2.96. The van der Waals surface area contributed by atoms with E-state index in [1.165, 1.54) is 16.1 Å². The van der Waals surface area contributed by atoms with E-state index >= 15 is 0 Å². The van der Waals surface area contributed by atoms with Gasteiger partial charge in [0.25, 0.3) is 0 Å². The van der Waals surface area contributed by atoms with Crippen molar-refractivity contribution >= 4 is 15.9 Å². The summed E-state index contributed by atoms with van der Waals surface area (Å²) in [6, 6.07) is 9.98. The van der Waals surface area contributed by atoms with Crippen molar-refractivity contribution in [3.05, 3.63) is 35.9 Å². The van der Waals surface area contributed by atoms with E-state index in [0.29, 0.717) is 32.8 Å². The SMILES string of the molecule is CS(=O)(=O)N(CCCc1ccccc1)CCC(=O)N1CCOCC1. The molecule has 7 heteroatoms. The van der Waals surface area contributed by atoms with Crippen LogP contribution < -0.4 is 0 Å². The molecule has 0 N–H and O–H groups in total. The first-order valence-electron chi connectivity index (χ1n) is 8.31. The van der Waals surface area contributed by atoms with Gasteiger partial charge in [-0.3, -0.25) is 4.79 Å². The molecule has 0 atom stereocenters. The molecule has 6 nitrogen and oxygen atoms in total. The number of carbonyl (C=O) groups excluding carboxylic acids is 1. The van der Waals surface area contributed by atoms with Crippen LogP contribution in [0.15, 0.2) is 30.3 Å². The van der Waals surface area contributed by atoms with Crippen molar-refractivity contribution in [2.75, 3.05) is 45.6 Å². The minimum absolute atomic E-state index is 0.00462. The van der Waals surface area contributed by atoms with Gasteiger partial charge in [-0.1, -0.05) is 30.3 Å². The molecule has 1 fully saturated rings. The predicted octanol–water partition coefficient (Wildman–Crippen LogP) is 1.13. The van der Waals surface area contributed by atoms with Crippen LogP contribution in [-0.4, -0.2) is 69.2 Å². The topological polar surface area (TPSA) is 66.9 Å². The summed E-state index contributed by atoms with van der Waals surface area (Å²) < 4.78 is 30.5. The molecule has 0 aromatic heterocycles. The lowest BCUT2D eigenvalue weighted by Gasteiger charge is -2.28. The molecule has 24 heavy (non-hydrogen) atoms. The standard InChI is InChI=1S/C17H26N2O4S/c1-24(21,22)19(10-5-8-16-6-3-2-4-7-16)11-9-17(20)18-12-14-23-15-13-18/h2-4,6-7H,5,8-15H2,1H3. The van der Waals surface area contributed by atoms with Gasteiger partial charge in [0, 0.05) is 32.6 Å². The summed E-state index contributed by atoms with van der Waals surface area (Å²) in [7, 11) is -3.31. The van der Waals surface area contributed by atoms with Gasteiger partial charge in [-0.2, -0.15) is 0 Å². The number of benzene rings is 1. The zero-order chi connectivity index (χ0) is 17.4. The van der Waals surface area contributed by atoms with Gasteiger partial charge in [-0.15, -0.1) is 0 Å². The lowest BCUT2D eigenvalue weighted by atomic mass is 10.1. The molecule has 0 saturated carbocycles. The van der Waals surface area contributed by atoms with Crippen LogP contribution in [0.3, 0.4) is 0 Å². The smallest absolute Gasteiger partial charge is 0.224 e. The van der Waals surface area contributed by atoms with Crippen molar-refractivity contribution in [2.24, 2.45) is 0 Å². The highest BCUT2D eigenvalue weighted by atomic mass is 32.2. The number of rotatable bonds is 8. The van der Waals surface area contributed by atoms with Crippen LogP contribution in [0.5, 0.6) is 0 Å². The first-order valence-corrected chi connectivity index (χ1v) is 10.2. The summed E-state index contributed by atoms with van der Waals surface area (Å²) in [6.07, 6.45) is 2.99. The molecule has 2 rings (SSSR count). The molecule has 134 valence electrons. The maximum Gasteiger partial charge on any atom is 0.224 e. The first kappa shape index (κ1) is 18.9. The number of amides is 1. The normalized spacial score (nSPS) is 15.7. The van der Waals surface area contributed by atoms with E-state index < -0.39 is 10.0 Å². The number of sulfonamides is 1. The van der Waals surface area contributed by atoms with Gasteiger partial charge in [0.1, 0.15) is 0 Å². The average molecular weight is 354 g/mol.